The summed E-state index contributed by atoms with van der Waals surface area (Å²) in [5.74, 6) is -1.36. The van der Waals surface area contributed by atoms with E-state index >= 15 is 0 Å². The Morgan fingerprint density at radius 3 is 2.62 bits per heavy atom. The van der Waals surface area contributed by atoms with E-state index in [1.807, 2.05) is 0 Å². The molecule has 21 heavy (non-hydrogen) atoms. The highest BCUT2D eigenvalue weighted by molar-refractivity contribution is 5.77. The molecule has 7 nitrogen and oxygen atoms in total. The maximum absolute atomic E-state index is 12.2. The zero-order chi connectivity index (χ0) is 15.5. The summed E-state index contributed by atoms with van der Waals surface area (Å²) in [5, 5.41) is 22.3. The van der Waals surface area contributed by atoms with Crippen molar-refractivity contribution in [1.29, 1.82) is 0 Å². The van der Waals surface area contributed by atoms with Crippen molar-refractivity contribution in [2.45, 2.75) is 43.7 Å². The van der Waals surface area contributed by atoms with Crippen molar-refractivity contribution in [3.05, 3.63) is 0 Å². The first-order valence-corrected chi connectivity index (χ1v) is 7.46. The smallest absolute Gasteiger partial charge is 0.317 e. The maximum Gasteiger partial charge on any atom is 0.317 e. The van der Waals surface area contributed by atoms with Crippen LogP contribution in [0.1, 0.15) is 32.1 Å². The lowest BCUT2D eigenvalue weighted by Gasteiger charge is -2.35. The van der Waals surface area contributed by atoms with Crippen LogP contribution in [0.25, 0.3) is 0 Å². The van der Waals surface area contributed by atoms with E-state index in [1.165, 1.54) is 4.90 Å². The summed E-state index contributed by atoms with van der Waals surface area (Å²) >= 11 is 0. The van der Waals surface area contributed by atoms with Gasteiger partial charge in [0.15, 0.2) is 0 Å². The number of carboxylic acid groups (broad SMARTS) is 1. The number of ether oxygens (including phenoxy) is 1. The molecule has 120 valence electrons. The second-order valence-electron chi connectivity index (χ2n) is 6.12. The van der Waals surface area contributed by atoms with Crippen molar-refractivity contribution >= 4 is 12.0 Å². The van der Waals surface area contributed by atoms with Gasteiger partial charge in [-0.1, -0.05) is 6.42 Å². The van der Waals surface area contributed by atoms with Crippen molar-refractivity contribution in [2.24, 2.45) is 5.92 Å². The highest BCUT2D eigenvalue weighted by Crippen LogP contribution is 2.26. The van der Waals surface area contributed by atoms with Crippen LogP contribution in [-0.2, 0) is 9.53 Å². The molecule has 0 aromatic carbocycles. The first-order chi connectivity index (χ1) is 9.91. The zero-order valence-corrected chi connectivity index (χ0v) is 12.4. The summed E-state index contributed by atoms with van der Waals surface area (Å²) in [4.78, 5) is 24.7. The Morgan fingerprint density at radius 1 is 1.33 bits per heavy atom. The molecule has 2 rings (SSSR count). The summed E-state index contributed by atoms with van der Waals surface area (Å²) in [6.07, 6.45) is 3.12. The molecule has 2 amide bonds. The van der Waals surface area contributed by atoms with Gasteiger partial charge in [0.1, 0.15) is 0 Å². The highest BCUT2D eigenvalue weighted by Gasteiger charge is 2.36. The lowest BCUT2D eigenvalue weighted by molar-refractivity contribution is -0.142. The van der Waals surface area contributed by atoms with E-state index in [-0.39, 0.29) is 18.6 Å². The van der Waals surface area contributed by atoms with Crippen LogP contribution in [0.3, 0.4) is 0 Å². The number of nitrogens with zero attached hydrogens (tertiary/aromatic N) is 1. The van der Waals surface area contributed by atoms with Crippen LogP contribution in [-0.4, -0.2) is 65.6 Å². The van der Waals surface area contributed by atoms with Crippen molar-refractivity contribution < 1.29 is 24.5 Å². The Morgan fingerprint density at radius 2 is 2.00 bits per heavy atom. The van der Waals surface area contributed by atoms with E-state index in [2.05, 4.69) is 5.32 Å². The van der Waals surface area contributed by atoms with Crippen LogP contribution in [0.2, 0.25) is 0 Å². The minimum atomic E-state index is -0.911. The third kappa shape index (κ3) is 4.07. The van der Waals surface area contributed by atoms with E-state index in [0.29, 0.717) is 38.9 Å². The van der Waals surface area contributed by atoms with Crippen molar-refractivity contribution in [2.75, 3.05) is 26.8 Å². The number of aliphatic hydroxyl groups is 1. The van der Waals surface area contributed by atoms with E-state index in [9.17, 15) is 14.7 Å². The molecule has 0 spiro atoms. The SMILES string of the molecule is CN(CC1(O)CCOCC1)C(=O)NC1CCCC1C(=O)O. The average Bonchev–Trinajstić information content (AvgIpc) is 2.87. The molecule has 1 aliphatic heterocycles. The summed E-state index contributed by atoms with van der Waals surface area (Å²) in [5.41, 5.74) is -0.911. The minimum absolute atomic E-state index is 0.229. The Kier molecular flexibility index (Phi) is 5.05. The fourth-order valence-corrected chi connectivity index (χ4v) is 3.12. The molecule has 1 heterocycles. The molecule has 0 aromatic rings. The van der Waals surface area contributed by atoms with Crippen LogP contribution >= 0.6 is 0 Å². The van der Waals surface area contributed by atoms with Gasteiger partial charge in [-0.05, 0) is 12.8 Å². The number of likely N-dealkylation sites (N-methyl/N-ethyl adjacent to an activating group) is 1. The summed E-state index contributed by atoms with van der Waals surface area (Å²) < 4.78 is 5.21. The number of urea groups is 1. The molecule has 2 fully saturated rings. The highest BCUT2D eigenvalue weighted by atomic mass is 16.5. The van der Waals surface area contributed by atoms with Gasteiger partial charge in [0.2, 0.25) is 0 Å². The quantitative estimate of drug-likeness (QED) is 0.699. The molecule has 2 unspecified atom stereocenters. The lowest BCUT2D eigenvalue weighted by atomic mass is 9.94. The van der Waals surface area contributed by atoms with E-state index in [4.69, 9.17) is 9.84 Å². The van der Waals surface area contributed by atoms with Crippen molar-refractivity contribution in [3.8, 4) is 0 Å². The minimum Gasteiger partial charge on any atom is -0.481 e. The van der Waals surface area contributed by atoms with Gasteiger partial charge in [0.05, 0.1) is 18.1 Å². The molecular weight excluding hydrogens is 276 g/mol. The van der Waals surface area contributed by atoms with Gasteiger partial charge in [-0.25, -0.2) is 4.79 Å². The average molecular weight is 300 g/mol. The van der Waals surface area contributed by atoms with Crippen LogP contribution < -0.4 is 5.32 Å². The summed E-state index contributed by atoms with van der Waals surface area (Å²) in [7, 11) is 1.62. The van der Waals surface area contributed by atoms with Crippen molar-refractivity contribution in [1.82, 2.24) is 10.2 Å². The van der Waals surface area contributed by atoms with E-state index in [1.54, 1.807) is 7.05 Å². The third-order valence-electron chi connectivity index (χ3n) is 4.44. The molecule has 2 atom stereocenters. The molecule has 0 radical (unpaired) electrons. The molecular formula is C14H24N2O5. The molecule has 7 heteroatoms. The topological polar surface area (TPSA) is 99.1 Å². The lowest BCUT2D eigenvalue weighted by Crippen LogP contribution is -2.52. The number of amides is 2. The van der Waals surface area contributed by atoms with Gasteiger partial charge in [0.25, 0.3) is 0 Å². The van der Waals surface area contributed by atoms with Gasteiger partial charge < -0.3 is 25.2 Å². The summed E-state index contributed by atoms with van der Waals surface area (Å²) in [6.45, 7) is 1.22. The molecule has 1 saturated heterocycles. The second kappa shape index (κ2) is 6.62. The van der Waals surface area contributed by atoms with E-state index in [0.717, 1.165) is 6.42 Å². The maximum atomic E-state index is 12.2. The molecule has 2 aliphatic rings. The van der Waals surface area contributed by atoms with Gasteiger partial charge in [0, 0.05) is 39.1 Å². The van der Waals surface area contributed by atoms with Gasteiger partial charge in [-0.2, -0.15) is 0 Å². The Hall–Kier alpha value is -1.34. The molecule has 1 saturated carbocycles. The number of rotatable bonds is 4. The van der Waals surface area contributed by atoms with Crippen LogP contribution in [0, 0.1) is 5.92 Å². The zero-order valence-electron chi connectivity index (χ0n) is 12.4. The standard InChI is InChI=1S/C14H24N2O5/c1-16(9-14(20)5-7-21-8-6-14)13(19)15-11-4-2-3-10(11)12(17)18/h10-11,20H,2-9H2,1H3,(H,15,19)(H,17,18). The van der Waals surface area contributed by atoms with Crippen molar-refractivity contribution in [3.63, 3.8) is 0 Å². The van der Waals surface area contributed by atoms with Gasteiger partial charge in [-0.3, -0.25) is 4.79 Å². The molecule has 0 aromatic heterocycles. The number of carbonyl (C=O) groups excluding carboxylic acids is 1. The molecule has 0 bridgehead atoms. The number of nitrogens with one attached hydrogen (secondary N) is 1. The third-order valence-corrected chi connectivity index (χ3v) is 4.44. The monoisotopic (exact) mass is 300 g/mol. The number of carbonyl (C=O) groups is 2. The number of aliphatic carboxylic acids is 1. The predicted octanol–water partition coefficient (Wildman–Crippen LogP) is 0.423. The predicted molar refractivity (Wildman–Crippen MR) is 74.9 cm³/mol. The van der Waals surface area contributed by atoms with Gasteiger partial charge in [-0.15, -0.1) is 0 Å². The number of hydrogen-bond donors (Lipinski definition) is 3. The Labute approximate surface area is 124 Å². The second-order valence-corrected chi connectivity index (χ2v) is 6.12. The molecule has 1 aliphatic carbocycles. The Bertz CT molecular complexity index is 395. The first kappa shape index (κ1) is 16.0. The number of hydrogen-bond acceptors (Lipinski definition) is 4. The fourth-order valence-electron chi connectivity index (χ4n) is 3.12. The largest absolute Gasteiger partial charge is 0.481 e. The summed E-state index contributed by atoms with van der Waals surface area (Å²) in [6, 6.07) is -0.644. The Balaban J connectivity index is 1.86. The van der Waals surface area contributed by atoms with E-state index < -0.39 is 17.5 Å². The number of carboxylic acids is 1. The van der Waals surface area contributed by atoms with Crippen LogP contribution in [0.4, 0.5) is 4.79 Å². The normalized spacial score (nSPS) is 28.1. The van der Waals surface area contributed by atoms with Crippen LogP contribution in [0.15, 0.2) is 0 Å². The molecule has 3 N–H and O–H groups in total. The van der Waals surface area contributed by atoms with Crippen LogP contribution in [0.5, 0.6) is 0 Å². The fraction of sp³-hybridized carbons (Fsp3) is 0.857. The first-order valence-electron chi connectivity index (χ1n) is 7.46. The van der Waals surface area contributed by atoms with Gasteiger partial charge >= 0.3 is 12.0 Å².